The van der Waals surface area contributed by atoms with Crippen LogP contribution in [0.3, 0.4) is 0 Å². The molecule has 0 spiro atoms. The zero-order chi connectivity index (χ0) is 19.3. The molecule has 28 heavy (non-hydrogen) atoms. The van der Waals surface area contributed by atoms with Crippen LogP contribution < -0.4 is 10.2 Å². The molecule has 4 heterocycles. The highest BCUT2D eigenvalue weighted by atomic mass is 32.1. The average Bonchev–Trinajstić information content (AvgIpc) is 3.45. The van der Waals surface area contributed by atoms with Gasteiger partial charge < -0.3 is 15.3 Å². The molecule has 5 rings (SSSR count). The number of rotatable bonds is 4. The van der Waals surface area contributed by atoms with Crippen molar-refractivity contribution in [1.82, 2.24) is 25.7 Å². The van der Waals surface area contributed by atoms with Gasteiger partial charge in [-0.25, -0.2) is 4.39 Å². The minimum absolute atomic E-state index is 0.0524. The molecule has 0 unspecified atom stereocenters. The summed E-state index contributed by atoms with van der Waals surface area (Å²) >= 11 is 1.43. The topological polar surface area (TPSA) is 90.0 Å². The van der Waals surface area contributed by atoms with Gasteiger partial charge in [-0.05, 0) is 43.0 Å². The molecule has 9 heteroatoms. The Labute approximate surface area is 165 Å². The minimum atomic E-state index is -0.911. The number of phenols is 1. The molecule has 0 radical (unpaired) electrons. The first-order valence-corrected chi connectivity index (χ1v) is 10.2. The summed E-state index contributed by atoms with van der Waals surface area (Å²) in [4.78, 5) is 1.94. The van der Waals surface area contributed by atoms with Crippen LogP contribution in [0, 0.1) is 0 Å². The van der Waals surface area contributed by atoms with Gasteiger partial charge in [0.25, 0.3) is 0 Å². The van der Waals surface area contributed by atoms with Crippen LogP contribution in [-0.4, -0.2) is 56.8 Å². The zero-order valence-electron chi connectivity index (χ0n) is 15.3. The van der Waals surface area contributed by atoms with Gasteiger partial charge in [0.05, 0.1) is 12.2 Å². The molecule has 4 atom stereocenters. The van der Waals surface area contributed by atoms with Gasteiger partial charge in [0, 0.05) is 36.5 Å². The van der Waals surface area contributed by atoms with Crippen molar-refractivity contribution >= 4 is 16.5 Å². The van der Waals surface area contributed by atoms with Crippen molar-refractivity contribution in [2.24, 2.45) is 0 Å². The molecule has 2 aromatic heterocycles. The predicted octanol–water partition coefficient (Wildman–Crippen LogP) is 2.97. The third-order valence-corrected chi connectivity index (χ3v) is 6.86. The fourth-order valence-corrected chi connectivity index (χ4v) is 5.22. The van der Waals surface area contributed by atoms with Crippen molar-refractivity contribution in [2.75, 3.05) is 11.9 Å². The lowest BCUT2D eigenvalue weighted by Gasteiger charge is -2.38. The van der Waals surface area contributed by atoms with Gasteiger partial charge in [-0.15, -0.1) is 10.2 Å². The maximum atomic E-state index is 14.9. The van der Waals surface area contributed by atoms with Crippen molar-refractivity contribution in [3.8, 4) is 27.4 Å². The van der Waals surface area contributed by atoms with Gasteiger partial charge in [0.2, 0.25) is 5.13 Å². The molecule has 0 saturated carbocycles. The Morgan fingerprint density at radius 3 is 2.96 bits per heavy atom. The van der Waals surface area contributed by atoms with E-state index in [4.69, 9.17) is 0 Å². The number of benzene rings is 1. The smallest absolute Gasteiger partial charge is 0.208 e. The number of nitrogens with one attached hydrogen (secondary N) is 2. The van der Waals surface area contributed by atoms with Crippen molar-refractivity contribution in [3.63, 3.8) is 0 Å². The number of hydrogen-bond acceptors (Lipinski definition) is 7. The summed E-state index contributed by atoms with van der Waals surface area (Å²) in [6, 6.07) is 5.29. The van der Waals surface area contributed by atoms with Crippen LogP contribution in [0.2, 0.25) is 0 Å². The molecule has 2 aliphatic rings. The number of aromatic hydroxyl groups is 1. The van der Waals surface area contributed by atoms with Crippen molar-refractivity contribution in [1.29, 1.82) is 0 Å². The van der Waals surface area contributed by atoms with Gasteiger partial charge in [-0.1, -0.05) is 11.3 Å². The van der Waals surface area contributed by atoms with Gasteiger partial charge >= 0.3 is 0 Å². The Bertz CT molecular complexity index is 977. The van der Waals surface area contributed by atoms with Gasteiger partial charge in [-0.2, -0.15) is 5.10 Å². The van der Waals surface area contributed by atoms with E-state index in [9.17, 15) is 9.50 Å². The van der Waals surface area contributed by atoms with E-state index in [2.05, 4.69) is 25.7 Å². The first-order chi connectivity index (χ1) is 13.6. The van der Waals surface area contributed by atoms with E-state index in [1.807, 2.05) is 18.0 Å². The molecule has 3 N–H and O–H groups in total. The Morgan fingerprint density at radius 2 is 2.14 bits per heavy atom. The van der Waals surface area contributed by atoms with Gasteiger partial charge in [-0.3, -0.25) is 5.10 Å². The van der Waals surface area contributed by atoms with E-state index in [1.54, 1.807) is 24.5 Å². The van der Waals surface area contributed by atoms with Crippen molar-refractivity contribution in [3.05, 3.63) is 30.6 Å². The number of anilines is 1. The second-order valence-electron chi connectivity index (χ2n) is 7.51. The normalized spacial score (nSPS) is 26.5. The molecular formula is C19H21FN6OS. The summed E-state index contributed by atoms with van der Waals surface area (Å²) < 4.78 is 14.9. The number of hydrogen-bond donors (Lipinski definition) is 3. The second-order valence-corrected chi connectivity index (χ2v) is 8.47. The lowest BCUT2D eigenvalue weighted by Crippen LogP contribution is -2.55. The molecule has 1 aromatic carbocycles. The van der Waals surface area contributed by atoms with E-state index in [0.29, 0.717) is 11.2 Å². The van der Waals surface area contributed by atoms with Gasteiger partial charge in [0.1, 0.15) is 16.9 Å². The van der Waals surface area contributed by atoms with E-state index in [1.165, 1.54) is 11.3 Å². The molecule has 0 amide bonds. The third-order valence-electron chi connectivity index (χ3n) is 5.81. The number of aromatic nitrogens is 4. The lowest BCUT2D eigenvalue weighted by atomic mass is 9.97. The number of fused-ring (bicyclic) bond motifs is 2. The van der Waals surface area contributed by atoms with Crippen LogP contribution in [0.1, 0.15) is 19.3 Å². The Morgan fingerprint density at radius 1 is 1.25 bits per heavy atom. The highest BCUT2D eigenvalue weighted by molar-refractivity contribution is 7.18. The van der Waals surface area contributed by atoms with Gasteiger partial charge in [0.15, 0.2) is 0 Å². The summed E-state index contributed by atoms with van der Waals surface area (Å²) in [5.74, 6) is 0.173. The fraction of sp³-hybridized carbons (Fsp3) is 0.421. The summed E-state index contributed by atoms with van der Waals surface area (Å²) in [5, 5.41) is 30.2. The minimum Gasteiger partial charge on any atom is -0.508 e. The number of nitrogens with zero attached hydrogens (tertiary/aromatic N) is 4. The standard InChI is InChI=1S/C19H21FN6OS/c1-26(16-6-11-2-5-15(23-11)17(16)20)19-25-24-18(28-19)13-4-3-12(27)7-14(13)10-8-21-22-9-10/h3-4,7-9,11,15-17,23,27H,2,5-6H2,1H3,(H,21,22)/t11-,15+,16-,17+/m1/s1. The van der Waals surface area contributed by atoms with Crippen LogP contribution in [-0.2, 0) is 0 Å². The Balaban J connectivity index is 1.46. The molecule has 2 aliphatic heterocycles. The lowest BCUT2D eigenvalue weighted by molar-refractivity contribution is 0.176. The number of halogens is 1. The molecule has 2 fully saturated rings. The van der Waals surface area contributed by atoms with Crippen LogP contribution in [0.4, 0.5) is 9.52 Å². The van der Waals surface area contributed by atoms with E-state index >= 15 is 0 Å². The zero-order valence-corrected chi connectivity index (χ0v) is 16.2. The highest BCUT2D eigenvalue weighted by Gasteiger charge is 2.44. The highest BCUT2D eigenvalue weighted by Crippen LogP contribution is 2.39. The second kappa shape index (κ2) is 6.82. The number of phenolic OH excluding ortho intramolecular Hbond substituents is 1. The molecule has 146 valence electrons. The van der Waals surface area contributed by atoms with Crippen LogP contribution >= 0.6 is 11.3 Å². The monoisotopic (exact) mass is 400 g/mol. The Hall–Kier alpha value is -2.52. The van der Waals surface area contributed by atoms with E-state index in [-0.39, 0.29) is 17.8 Å². The maximum absolute atomic E-state index is 14.9. The maximum Gasteiger partial charge on any atom is 0.208 e. The quantitative estimate of drug-likeness (QED) is 0.624. The molecular weight excluding hydrogens is 379 g/mol. The summed E-state index contributed by atoms with van der Waals surface area (Å²) in [6.45, 7) is 0. The first kappa shape index (κ1) is 17.6. The molecule has 2 bridgehead atoms. The van der Waals surface area contributed by atoms with Crippen LogP contribution in [0.15, 0.2) is 30.6 Å². The summed E-state index contributed by atoms with van der Waals surface area (Å²) in [7, 11) is 1.90. The van der Waals surface area contributed by atoms with Crippen LogP contribution in [0.25, 0.3) is 21.7 Å². The van der Waals surface area contributed by atoms with Crippen LogP contribution in [0.5, 0.6) is 5.75 Å². The molecule has 7 nitrogen and oxygen atoms in total. The number of piperidine rings is 1. The van der Waals surface area contributed by atoms with Crippen molar-refractivity contribution < 1.29 is 9.50 Å². The third kappa shape index (κ3) is 2.94. The number of H-pyrrole nitrogens is 1. The largest absolute Gasteiger partial charge is 0.508 e. The summed E-state index contributed by atoms with van der Waals surface area (Å²) in [6.07, 6.45) is 5.28. The first-order valence-electron chi connectivity index (χ1n) is 9.39. The Kier molecular flexibility index (Phi) is 4.28. The predicted molar refractivity (Wildman–Crippen MR) is 106 cm³/mol. The molecule has 3 aromatic rings. The number of alkyl halides is 1. The van der Waals surface area contributed by atoms with E-state index < -0.39 is 6.17 Å². The SMILES string of the molecule is CN(c1nnc(-c2ccc(O)cc2-c2cn[nH]c2)s1)[C@@H]1C[C@H]2CC[C@H](N2)[C@@H]1F. The fourth-order valence-electron chi connectivity index (χ4n) is 4.31. The summed E-state index contributed by atoms with van der Waals surface area (Å²) in [5.41, 5.74) is 2.54. The average molecular weight is 400 g/mol. The molecule has 0 aliphatic carbocycles. The van der Waals surface area contributed by atoms with Crippen molar-refractivity contribution in [2.45, 2.75) is 43.6 Å². The molecule has 2 saturated heterocycles. The number of aromatic amines is 1. The van der Waals surface area contributed by atoms with E-state index in [0.717, 1.165) is 41.0 Å².